The lowest BCUT2D eigenvalue weighted by molar-refractivity contribution is 0.0945. The standard InChI is InChI=1S/C12H16FNO2/c1-9(5-6-15)8-14-12(16)10-3-2-4-11(13)7-10/h2-4,7,9,15H,5-6,8H2,1H3,(H,14,16). The zero-order chi connectivity index (χ0) is 12.0. The number of amides is 1. The molecule has 0 saturated heterocycles. The van der Waals surface area contributed by atoms with Gasteiger partial charge < -0.3 is 10.4 Å². The number of carbonyl (C=O) groups is 1. The molecule has 0 fully saturated rings. The first kappa shape index (κ1) is 12.6. The molecule has 0 aliphatic heterocycles. The molecular formula is C12H16FNO2. The topological polar surface area (TPSA) is 49.3 Å². The summed E-state index contributed by atoms with van der Waals surface area (Å²) in [4.78, 5) is 11.6. The van der Waals surface area contributed by atoms with Crippen LogP contribution in [0.3, 0.4) is 0 Å². The van der Waals surface area contributed by atoms with Crippen molar-refractivity contribution in [1.29, 1.82) is 0 Å². The van der Waals surface area contributed by atoms with E-state index in [1.165, 1.54) is 18.2 Å². The van der Waals surface area contributed by atoms with Crippen molar-refractivity contribution in [3.63, 3.8) is 0 Å². The van der Waals surface area contributed by atoms with Gasteiger partial charge in [-0.05, 0) is 30.5 Å². The van der Waals surface area contributed by atoms with Crippen LogP contribution in [-0.4, -0.2) is 24.2 Å². The molecule has 0 saturated carbocycles. The number of halogens is 1. The lowest BCUT2D eigenvalue weighted by Crippen LogP contribution is -2.28. The fourth-order valence-corrected chi connectivity index (χ4v) is 1.32. The Bertz CT molecular complexity index is 355. The fraction of sp³-hybridized carbons (Fsp3) is 0.417. The molecule has 1 aromatic rings. The minimum absolute atomic E-state index is 0.108. The third-order valence-electron chi connectivity index (χ3n) is 2.32. The molecule has 3 nitrogen and oxygen atoms in total. The van der Waals surface area contributed by atoms with Crippen molar-refractivity contribution in [1.82, 2.24) is 5.32 Å². The summed E-state index contributed by atoms with van der Waals surface area (Å²) >= 11 is 0. The van der Waals surface area contributed by atoms with Gasteiger partial charge in [0.05, 0.1) is 0 Å². The molecule has 0 aromatic heterocycles. The molecule has 0 heterocycles. The van der Waals surface area contributed by atoms with Crippen LogP contribution >= 0.6 is 0 Å². The summed E-state index contributed by atoms with van der Waals surface area (Å²) in [5.41, 5.74) is 0.316. The number of aliphatic hydroxyl groups excluding tert-OH is 1. The Balaban J connectivity index is 2.47. The van der Waals surface area contributed by atoms with Crippen LogP contribution in [0, 0.1) is 11.7 Å². The Labute approximate surface area is 94.3 Å². The summed E-state index contributed by atoms with van der Waals surface area (Å²) in [7, 11) is 0. The van der Waals surface area contributed by atoms with Crippen LogP contribution in [0.5, 0.6) is 0 Å². The van der Waals surface area contributed by atoms with Gasteiger partial charge in [-0.3, -0.25) is 4.79 Å². The molecule has 1 atom stereocenters. The molecule has 1 rings (SSSR count). The third kappa shape index (κ3) is 3.98. The van der Waals surface area contributed by atoms with E-state index in [-0.39, 0.29) is 18.4 Å². The van der Waals surface area contributed by atoms with Gasteiger partial charge in [0.2, 0.25) is 0 Å². The Morgan fingerprint density at radius 2 is 2.31 bits per heavy atom. The van der Waals surface area contributed by atoms with Gasteiger partial charge in [-0.2, -0.15) is 0 Å². The van der Waals surface area contributed by atoms with Crippen LogP contribution in [0.15, 0.2) is 24.3 Å². The van der Waals surface area contributed by atoms with Crippen LogP contribution in [0.4, 0.5) is 4.39 Å². The van der Waals surface area contributed by atoms with Crippen LogP contribution in [-0.2, 0) is 0 Å². The maximum atomic E-state index is 12.8. The quantitative estimate of drug-likeness (QED) is 0.799. The van der Waals surface area contributed by atoms with Crippen molar-refractivity contribution in [2.75, 3.05) is 13.2 Å². The largest absolute Gasteiger partial charge is 0.396 e. The van der Waals surface area contributed by atoms with E-state index in [4.69, 9.17) is 5.11 Å². The van der Waals surface area contributed by atoms with E-state index in [2.05, 4.69) is 5.32 Å². The Morgan fingerprint density at radius 3 is 2.94 bits per heavy atom. The molecule has 0 aliphatic carbocycles. The van der Waals surface area contributed by atoms with Crippen LogP contribution in [0.2, 0.25) is 0 Å². The zero-order valence-electron chi connectivity index (χ0n) is 9.24. The third-order valence-corrected chi connectivity index (χ3v) is 2.32. The monoisotopic (exact) mass is 225 g/mol. The van der Waals surface area contributed by atoms with Crippen molar-refractivity contribution in [3.05, 3.63) is 35.6 Å². The lowest BCUT2D eigenvalue weighted by Gasteiger charge is -2.11. The maximum absolute atomic E-state index is 12.8. The molecule has 0 aliphatic rings. The summed E-state index contributed by atoms with van der Waals surface area (Å²) in [6, 6.07) is 5.56. The highest BCUT2D eigenvalue weighted by molar-refractivity contribution is 5.94. The lowest BCUT2D eigenvalue weighted by atomic mass is 10.1. The minimum Gasteiger partial charge on any atom is -0.396 e. The number of aliphatic hydroxyl groups is 1. The summed E-state index contributed by atoms with van der Waals surface area (Å²) < 4.78 is 12.8. The van der Waals surface area contributed by atoms with Crippen LogP contribution in [0.1, 0.15) is 23.7 Å². The summed E-state index contributed by atoms with van der Waals surface area (Å²) in [6.07, 6.45) is 0.642. The molecule has 0 bridgehead atoms. The second kappa shape index (κ2) is 6.23. The van der Waals surface area contributed by atoms with Crippen molar-refractivity contribution in [2.45, 2.75) is 13.3 Å². The number of benzene rings is 1. The second-order valence-electron chi connectivity index (χ2n) is 3.84. The summed E-state index contributed by atoms with van der Waals surface area (Å²) in [6.45, 7) is 2.52. The Hall–Kier alpha value is -1.42. The highest BCUT2D eigenvalue weighted by Gasteiger charge is 2.07. The van der Waals surface area contributed by atoms with E-state index in [1.807, 2.05) is 6.92 Å². The zero-order valence-corrected chi connectivity index (χ0v) is 9.24. The van der Waals surface area contributed by atoms with Gasteiger partial charge in [0.25, 0.3) is 5.91 Å². The first-order valence-electron chi connectivity index (χ1n) is 5.28. The highest BCUT2D eigenvalue weighted by atomic mass is 19.1. The smallest absolute Gasteiger partial charge is 0.251 e. The molecule has 0 radical (unpaired) electrons. The van der Waals surface area contributed by atoms with Gasteiger partial charge >= 0.3 is 0 Å². The number of hydrogen-bond donors (Lipinski definition) is 2. The Kier molecular flexibility index (Phi) is 4.92. The van der Waals surface area contributed by atoms with E-state index in [9.17, 15) is 9.18 Å². The first-order chi connectivity index (χ1) is 7.63. The molecular weight excluding hydrogens is 209 g/mol. The number of hydrogen-bond acceptors (Lipinski definition) is 2. The average Bonchev–Trinajstić information content (AvgIpc) is 2.26. The van der Waals surface area contributed by atoms with Gasteiger partial charge in [-0.1, -0.05) is 13.0 Å². The molecule has 1 aromatic carbocycles. The van der Waals surface area contributed by atoms with E-state index < -0.39 is 5.82 Å². The minimum atomic E-state index is -0.420. The van der Waals surface area contributed by atoms with Crippen molar-refractivity contribution < 1.29 is 14.3 Å². The highest BCUT2D eigenvalue weighted by Crippen LogP contribution is 2.04. The normalized spacial score (nSPS) is 12.2. The average molecular weight is 225 g/mol. The number of nitrogens with one attached hydrogen (secondary N) is 1. The molecule has 1 amide bonds. The molecule has 0 spiro atoms. The van der Waals surface area contributed by atoms with Crippen molar-refractivity contribution >= 4 is 5.91 Å². The van der Waals surface area contributed by atoms with Gasteiger partial charge in [0.15, 0.2) is 0 Å². The van der Waals surface area contributed by atoms with Gasteiger partial charge in [-0.15, -0.1) is 0 Å². The van der Waals surface area contributed by atoms with Crippen molar-refractivity contribution in [3.8, 4) is 0 Å². The maximum Gasteiger partial charge on any atom is 0.251 e. The second-order valence-corrected chi connectivity index (χ2v) is 3.84. The van der Waals surface area contributed by atoms with E-state index in [0.717, 1.165) is 0 Å². The van der Waals surface area contributed by atoms with Gasteiger partial charge in [0, 0.05) is 18.7 Å². The molecule has 1 unspecified atom stereocenters. The predicted octanol–water partition coefficient (Wildman–Crippen LogP) is 1.57. The number of carbonyl (C=O) groups excluding carboxylic acids is 1. The fourth-order valence-electron chi connectivity index (χ4n) is 1.32. The molecule has 16 heavy (non-hydrogen) atoms. The van der Waals surface area contributed by atoms with Crippen LogP contribution in [0.25, 0.3) is 0 Å². The van der Waals surface area contributed by atoms with E-state index in [1.54, 1.807) is 6.07 Å². The first-order valence-corrected chi connectivity index (χ1v) is 5.28. The van der Waals surface area contributed by atoms with E-state index in [0.29, 0.717) is 18.5 Å². The molecule has 2 N–H and O–H groups in total. The van der Waals surface area contributed by atoms with Gasteiger partial charge in [-0.25, -0.2) is 4.39 Å². The summed E-state index contributed by atoms with van der Waals surface area (Å²) in [5, 5.41) is 11.4. The summed E-state index contributed by atoms with van der Waals surface area (Å²) in [5.74, 6) is -0.497. The number of rotatable bonds is 5. The SMILES string of the molecule is CC(CCO)CNC(=O)c1cccc(F)c1. The van der Waals surface area contributed by atoms with E-state index >= 15 is 0 Å². The van der Waals surface area contributed by atoms with Crippen molar-refractivity contribution in [2.24, 2.45) is 5.92 Å². The van der Waals surface area contributed by atoms with Crippen LogP contribution < -0.4 is 5.32 Å². The predicted molar refractivity (Wildman–Crippen MR) is 59.6 cm³/mol. The Morgan fingerprint density at radius 1 is 1.56 bits per heavy atom. The molecule has 4 heteroatoms. The van der Waals surface area contributed by atoms with Gasteiger partial charge in [0.1, 0.15) is 5.82 Å². The molecule has 88 valence electrons.